The number of nitrogens with one attached hydrogen (secondary N) is 1. The zero-order valence-electron chi connectivity index (χ0n) is 13.3. The number of nitrogens with zero attached hydrogens (tertiary/aromatic N) is 2. The van der Waals surface area contributed by atoms with Crippen LogP contribution in [0.4, 0.5) is 10.5 Å². The molecule has 0 aliphatic rings. The normalized spacial score (nSPS) is 11.6. The van der Waals surface area contributed by atoms with E-state index in [2.05, 4.69) is 10.3 Å². The molecule has 1 N–H and O–H groups in total. The van der Waals surface area contributed by atoms with Gasteiger partial charge in [-0.2, -0.15) is 4.99 Å². The molecule has 0 spiro atoms. The molecule has 0 aliphatic carbocycles. The summed E-state index contributed by atoms with van der Waals surface area (Å²) in [5.41, 5.74) is 2.74. The third-order valence-electron chi connectivity index (χ3n) is 3.74. The van der Waals surface area contributed by atoms with Crippen LogP contribution in [0, 0.1) is 0 Å². The monoisotopic (exact) mass is 345 g/mol. The number of hydrogen-bond acceptors (Lipinski definition) is 2. The number of amides is 2. The molecule has 0 saturated heterocycles. The summed E-state index contributed by atoms with van der Waals surface area (Å²) in [5, 5.41) is 2.80. The average Bonchev–Trinajstić information content (AvgIpc) is 3.01. The molecule has 25 heavy (non-hydrogen) atoms. The molecule has 3 aromatic carbocycles. The summed E-state index contributed by atoms with van der Waals surface area (Å²) in [7, 11) is 0. The van der Waals surface area contributed by atoms with E-state index in [1.807, 2.05) is 89.5 Å². The second kappa shape index (κ2) is 6.75. The van der Waals surface area contributed by atoms with E-state index in [1.165, 1.54) is 11.3 Å². The lowest BCUT2D eigenvalue weighted by Crippen LogP contribution is -2.17. The molecule has 4 rings (SSSR count). The van der Waals surface area contributed by atoms with E-state index in [9.17, 15) is 4.79 Å². The first-order chi connectivity index (χ1) is 12.3. The van der Waals surface area contributed by atoms with Crippen molar-refractivity contribution in [3.63, 3.8) is 0 Å². The minimum absolute atomic E-state index is 0.387. The number of rotatable bonds is 2. The molecule has 4 nitrogen and oxygen atoms in total. The van der Waals surface area contributed by atoms with Crippen LogP contribution in [0.1, 0.15) is 0 Å². The summed E-state index contributed by atoms with van der Waals surface area (Å²) < 4.78 is 3.09. The van der Waals surface area contributed by atoms with Crippen molar-refractivity contribution in [1.82, 2.24) is 4.57 Å². The summed E-state index contributed by atoms with van der Waals surface area (Å²) >= 11 is 1.49. The molecule has 1 heterocycles. The van der Waals surface area contributed by atoms with Gasteiger partial charge in [-0.1, -0.05) is 59.9 Å². The van der Waals surface area contributed by atoms with E-state index >= 15 is 0 Å². The summed E-state index contributed by atoms with van der Waals surface area (Å²) in [6.07, 6.45) is 0. The SMILES string of the molecule is O=C(N=c1sc2ccccc2n1-c1ccccc1)Nc1ccccc1. The van der Waals surface area contributed by atoms with Crippen molar-refractivity contribution in [2.75, 3.05) is 5.32 Å². The molecule has 2 amide bonds. The fourth-order valence-corrected chi connectivity index (χ4v) is 3.67. The van der Waals surface area contributed by atoms with Crippen LogP contribution in [0.2, 0.25) is 0 Å². The smallest absolute Gasteiger partial charge is 0.306 e. The first-order valence-electron chi connectivity index (χ1n) is 7.88. The lowest BCUT2D eigenvalue weighted by Gasteiger charge is -2.05. The van der Waals surface area contributed by atoms with Crippen LogP contribution in [0.15, 0.2) is 89.9 Å². The van der Waals surface area contributed by atoms with E-state index in [0.717, 1.165) is 21.6 Å². The minimum Gasteiger partial charge on any atom is -0.306 e. The number of thiazole rings is 1. The van der Waals surface area contributed by atoms with Gasteiger partial charge in [-0.15, -0.1) is 0 Å². The van der Waals surface area contributed by atoms with Gasteiger partial charge >= 0.3 is 6.03 Å². The lowest BCUT2D eigenvalue weighted by atomic mass is 10.3. The Morgan fingerprint density at radius 2 is 1.48 bits per heavy atom. The van der Waals surface area contributed by atoms with Gasteiger partial charge in [-0.3, -0.25) is 4.57 Å². The van der Waals surface area contributed by atoms with Gasteiger partial charge in [-0.25, -0.2) is 4.79 Å². The van der Waals surface area contributed by atoms with Gasteiger partial charge in [0.05, 0.1) is 10.2 Å². The zero-order valence-corrected chi connectivity index (χ0v) is 14.1. The third-order valence-corrected chi connectivity index (χ3v) is 4.76. The van der Waals surface area contributed by atoms with Crippen LogP contribution >= 0.6 is 11.3 Å². The number of aromatic nitrogens is 1. The summed E-state index contributed by atoms with van der Waals surface area (Å²) in [5.74, 6) is 0. The molecule has 0 radical (unpaired) electrons. The first-order valence-corrected chi connectivity index (χ1v) is 8.70. The van der Waals surface area contributed by atoms with Crippen LogP contribution in [0.5, 0.6) is 0 Å². The fraction of sp³-hybridized carbons (Fsp3) is 0. The molecule has 4 aromatic rings. The quantitative estimate of drug-likeness (QED) is 0.556. The molecular weight excluding hydrogens is 330 g/mol. The molecule has 5 heteroatoms. The Labute approximate surface area is 148 Å². The Balaban J connectivity index is 1.82. The minimum atomic E-state index is -0.387. The van der Waals surface area contributed by atoms with Gasteiger partial charge in [0.15, 0.2) is 4.80 Å². The molecule has 0 atom stereocenters. The van der Waals surface area contributed by atoms with Gasteiger partial charge in [0.25, 0.3) is 0 Å². The van der Waals surface area contributed by atoms with Crippen molar-refractivity contribution in [3.05, 3.63) is 89.7 Å². The largest absolute Gasteiger partial charge is 0.348 e. The molecule has 1 aromatic heterocycles. The second-order valence-electron chi connectivity index (χ2n) is 5.43. The van der Waals surface area contributed by atoms with Crippen LogP contribution in [-0.4, -0.2) is 10.6 Å². The van der Waals surface area contributed by atoms with E-state index in [4.69, 9.17) is 0 Å². The number of hydrogen-bond donors (Lipinski definition) is 1. The number of anilines is 1. The van der Waals surface area contributed by atoms with Crippen LogP contribution in [-0.2, 0) is 0 Å². The predicted octanol–water partition coefficient (Wildman–Crippen LogP) is 4.82. The van der Waals surface area contributed by atoms with E-state index in [0.29, 0.717) is 4.80 Å². The Morgan fingerprint density at radius 3 is 2.24 bits per heavy atom. The average molecular weight is 345 g/mol. The molecular formula is C20H15N3OS. The molecule has 0 aliphatic heterocycles. The number of carbonyl (C=O) groups excluding carboxylic acids is 1. The van der Waals surface area contributed by atoms with Crippen LogP contribution < -0.4 is 10.1 Å². The number of benzene rings is 3. The predicted molar refractivity (Wildman–Crippen MR) is 102 cm³/mol. The maximum Gasteiger partial charge on any atom is 0.348 e. The van der Waals surface area contributed by atoms with Gasteiger partial charge in [-0.05, 0) is 36.4 Å². The van der Waals surface area contributed by atoms with Gasteiger partial charge in [0, 0.05) is 11.4 Å². The van der Waals surface area contributed by atoms with Crippen molar-refractivity contribution in [3.8, 4) is 5.69 Å². The Hall–Kier alpha value is -3.18. The third kappa shape index (κ3) is 3.22. The highest BCUT2D eigenvalue weighted by Gasteiger charge is 2.09. The van der Waals surface area contributed by atoms with Gasteiger partial charge in [0.2, 0.25) is 0 Å². The van der Waals surface area contributed by atoms with Crippen molar-refractivity contribution < 1.29 is 4.79 Å². The Kier molecular flexibility index (Phi) is 4.14. The number of fused-ring (bicyclic) bond motifs is 1. The highest BCUT2D eigenvalue weighted by atomic mass is 32.1. The molecule has 122 valence electrons. The van der Waals surface area contributed by atoms with Crippen molar-refractivity contribution in [2.45, 2.75) is 0 Å². The molecule has 0 unspecified atom stereocenters. The highest BCUT2D eigenvalue weighted by Crippen LogP contribution is 2.20. The first kappa shape index (κ1) is 15.4. The maximum absolute atomic E-state index is 12.4. The fourth-order valence-electron chi connectivity index (χ4n) is 2.63. The van der Waals surface area contributed by atoms with Crippen LogP contribution in [0.25, 0.3) is 15.9 Å². The summed E-state index contributed by atoms with van der Waals surface area (Å²) in [6, 6.07) is 26.9. The molecule has 0 bridgehead atoms. The molecule has 0 saturated carbocycles. The summed E-state index contributed by atoms with van der Waals surface area (Å²) in [6.45, 7) is 0. The lowest BCUT2D eigenvalue weighted by molar-refractivity contribution is 0.259. The van der Waals surface area contributed by atoms with Gasteiger partial charge < -0.3 is 5.32 Å². The number of para-hydroxylation sites is 3. The van der Waals surface area contributed by atoms with Crippen molar-refractivity contribution >= 4 is 33.3 Å². The standard InChI is InChI=1S/C20H15N3OS/c24-19(21-15-9-3-1-4-10-15)22-20-23(16-11-5-2-6-12-16)17-13-7-8-14-18(17)25-20/h1-14H,(H,21,24). The van der Waals surface area contributed by atoms with E-state index in [1.54, 1.807) is 0 Å². The number of carbonyl (C=O) groups is 1. The van der Waals surface area contributed by atoms with Crippen LogP contribution in [0.3, 0.4) is 0 Å². The Morgan fingerprint density at radius 1 is 0.840 bits per heavy atom. The Bertz CT molecular complexity index is 1080. The van der Waals surface area contributed by atoms with Crippen molar-refractivity contribution in [1.29, 1.82) is 0 Å². The topological polar surface area (TPSA) is 46.4 Å². The zero-order chi connectivity index (χ0) is 17.1. The maximum atomic E-state index is 12.4. The van der Waals surface area contributed by atoms with Crippen molar-refractivity contribution in [2.24, 2.45) is 4.99 Å². The molecule has 0 fully saturated rings. The highest BCUT2D eigenvalue weighted by molar-refractivity contribution is 7.16. The summed E-state index contributed by atoms with van der Waals surface area (Å²) in [4.78, 5) is 17.3. The van der Waals surface area contributed by atoms with E-state index in [-0.39, 0.29) is 6.03 Å². The van der Waals surface area contributed by atoms with Gasteiger partial charge in [0.1, 0.15) is 0 Å². The number of urea groups is 1. The second-order valence-corrected chi connectivity index (χ2v) is 6.44. The van der Waals surface area contributed by atoms with E-state index < -0.39 is 0 Å².